The summed E-state index contributed by atoms with van der Waals surface area (Å²) in [5.41, 5.74) is 0. The second-order valence-corrected chi connectivity index (χ2v) is 6.96. The Morgan fingerprint density at radius 2 is 1.47 bits per heavy atom. The molecule has 0 bridgehead atoms. The van der Waals surface area contributed by atoms with Crippen LogP contribution in [0.1, 0.15) is 19.3 Å². The van der Waals surface area contributed by atoms with Gasteiger partial charge >= 0.3 is 21.2 Å². The summed E-state index contributed by atoms with van der Waals surface area (Å²) in [5, 5.41) is 6.14. The highest BCUT2D eigenvalue weighted by molar-refractivity contribution is 7.70. The third-order valence-electron chi connectivity index (χ3n) is 1.63. The Kier molecular flexibility index (Phi) is 5.13. The average Bonchev–Trinajstić information content (AvgIpc) is 1.92. The fourth-order valence-corrected chi connectivity index (χ4v) is 3.57. The van der Waals surface area contributed by atoms with Crippen LogP contribution in [-0.2, 0) is 13.9 Å². The zero-order valence-electron chi connectivity index (χ0n) is 7.55. The van der Waals surface area contributed by atoms with Gasteiger partial charge in [0.2, 0.25) is 0 Å². The van der Waals surface area contributed by atoms with E-state index in [0.29, 0.717) is 0 Å². The van der Waals surface area contributed by atoms with Crippen LogP contribution in [0.15, 0.2) is 0 Å². The molecular weight excluding hydrogens is 250 g/mol. The summed E-state index contributed by atoms with van der Waals surface area (Å²) < 4.78 is 21.4. The van der Waals surface area contributed by atoms with Crippen LogP contribution in [0.4, 0.5) is 0 Å². The van der Waals surface area contributed by atoms with Crippen LogP contribution < -0.4 is 0 Å². The van der Waals surface area contributed by atoms with E-state index in [1.54, 1.807) is 0 Å². The minimum atomic E-state index is -4.91. The minimum Gasteiger partial charge on any atom is -0.481 e. The first-order chi connectivity index (χ1) is 6.55. The Balaban J connectivity index is 4.50. The Morgan fingerprint density at radius 3 is 1.73 bits per heavy atom. The molecule has 0 unspecified atom stereocenters. The van der Waals surface area contributed by atoms with Crippen LogP contribution >= 0.6 is 15.2 Å². The first kappa shape index (κ1) is 14.8. The summed E-state index contributed by atoms with van der Waals surface area (Å²) >= 11 is 0. The number of carboxylic acid groups (broad SMARTS) is 1. The Hall–Kier alpha value is -0.230. The fourth-order valence-electron chi connectivity index (χ4n) is 0.968. The monoisotopic (exact) mass is 262 g/mol. The molecule has 0 aromatic heterocycles. The molecule has 0 rings (SSSR count). The van der Waals surface area contributed by atoms with Gasteiger partial charge in [0, 0.05) is 6.42 Å². The van der Waals surface area contributed by atoms with Crippen molar-refractivity contribution in [2.24, 2.45) is 0 Å². The molecule has 0 aliphatic rings. The maximum absolute atomic E-state index is 10.7. The highest BCUT2D eigenvalue weighted by Gasteiger charge is 2.42. The third kappa shape index (κ3) is 6.04. The van der Waals surface area contributed by atoms with Gasteiger partial charge in [0.15, 0.2) is 5.40 Å². The molecule has 0 aromatic rings. The van der Waals surface area contributed by atoms with Gasteiger partial charge in [-0.25, -0.2) is 0 Å². The molecule has 0 aliphatic heterocycles. The van der Waals surface area contributed by atoms with Gasteiger partial charge < -0.3 is 24.7 Å². The number of hydrogen-bond donors (Lipinski definition) is 5. The van der Waals surface area contributed by atoms with Gasteiger partial charge in [-0.05, 0) is 12.8 Å². The zero-order chi connectivity index (χ0) is 12.3. The fraction of sp³-hybridized carbons (Fsp3) is 0.800. The molecule has 90 valence electrons. The average molecular weight is 262 g/mol. The first-order valence-corrected chi connectivity index (χ1v) is 7.23. The Morgan fingerprint density at radius 1 is 1.07 bits per heavy atom. The van der Waals surface area contributed by atoms with Crippen molar-refractivity contribution in [3.05, 3.63) is 0 Å². The van der Waals surface area contributed by atoms with Crippen LogP contribution in [0, 0.1) is 0 Å². The molecule has 0 heterocycles. The van der Waals surface area contributed by atoms with E-state index < -0.39 is 39.4 Å². The van der Waals surface area contributed by atoms with E-state index in [2.05, 4.69) is 0 Å². The van der Waals surface area contributed by atoms with E-state index >= 15 is 0 Å². The molecule has 0 saturated carbocycles. The van der Waals surface area contributed by atoms with Crippen molar-refractivity contribution in [1.29, 1.82) is 0 Å². The first-order valence-electron chi connectivity index (χ1n) is 3.87. The number of aliphatic carboxylic acids is 1. The lowest BCUT2D eigenvalue weighted by atomic mass is 10.2. The van der Waals surface area contributed by atoms with Gasteiger partial charge in [0.1, 0.15) is 0 Å². The molecule has 0 saturated heterocycles. The van der Waals surface area contributed by atoms with Crippen molar-refractivity contribution in [3.63, 3.8) is 0 Å². The summed E-state index contributed by atoms with van der Waals surface area (Å²) in [5.74, 6) is -1.19. The van der Waals surface area contributed by atoms with Crippen molar-refractivity contribution in [2.75, 3.05) is 0 Å². The van der Waals surface area contributed by atoms with Crippen LogP contribution in [0.2, 0.25) is 0 Å². The molecule has 15 heavy (non-hydrogen) atoms. The number of hydrogen-bond acceptors (Lipinski definition) is 3. The molecule has 10 heteroatoms. The van der Waals surface area contributed by atoms with E-state index in [1.165, 1.54) is 0 Å². The lowest BCUT2D eigenvalue weighted by molar-refractivity contribution is -0.137. The van der Waals surface area contributed by atoms with Crippen LogP contribution in [0.3, 0.4) is 0 Å². The molecule has 8 nitrogen and oxygen atoms in total. The van der Waals surface area contributed by atoms with Crippen LogP contribution in [-0.4, -0.2) is 36.0 Å². The van der Waals surface area contributed by atoms with Crippen molar-refractivity contribution in [2.45, 2.75) is 24.7 Å². The molecule has 5 N–H and O–H groups in total. The lowest BCUT2D eigenvalue weighted by Gasteiger charge is -2.18. The largest absolute Gasteiger partial charge is 0.481 e. The second kappa shape index (κ2) is 5.21. The topological polar surface area (TPSA) is 152 Å². The molecular formula is C5H12O8P2. The number of carbonyl (C=O) groups is 1. The van der Waals surface area contributed by atoms with Gasteiger partial charge in [-0.15, -0.1) is 0 Å². The maximum atomic E-state index is 10.7. The Bertz CT molecular complexity index is 291. The quantitative estimate of drug-likeness (QED) is 0.417. The van der Waals surface area contributed by atoms with Gasteiger partial charge in [-0.1, -0.05) is 0 Å². The van der Waals surface area contributed by atoms with E-state index in [9.17, 15) is 13.9 Å². The van der Waals surface area contributed by atoms with Gasteiger partial charge in [0.25, 0.3) is 0 Å². The SMILES string of the molecule is O=C(O)CCCC(P(=O)(O)O)P(=O)(O)O. The van der Waals surface area contributed by atoms with Crippen LogP contribution in [0.5, 0.6) is 0 Å². The summed E-state index contributed by atoms with van der Waals surface area (Å²) in [6.45, 7) is 0. The highest BCUT2D eigenvalue weighted by atomic mass is 31.2. The zero-order valence-corrected chi connectivity index (χ0v) is 9.34. The number of carboxylic acids is 1. The third-order valence-corrected chi connectivity index (χ3v) is 5.50. The molecule has 0 radical (unpaired) electrons. The number of rotatable bonds is 6. The van der Waals surface area contributed by atoms with E-state index in [0.717, 1.165) is 0 Å². The second-order valence-electron chi connectivity index (χ2n) is 2.94. The summed E-state index contributed by atoms with van der Waals surface area (Å²) in [7, 11) is -9.83. The van der Waals surface area contributed by atoms with Gasteiger partial charge in [-0.3, -0.25) is 13.9 Å². The van der Waals surface area contributed by atoms with Crippen molar-refractivity contribution < 1.29 is 38.6 Å². The smallest absolute Gasteiger partial charge is 0.340 e. The molecule has 0 atom stereocenters. The maximum Gasteiger partial charge on any atom is 0.340 e. The molecule has 0 fully saturated rings. The molecule has 0 amide bonds. The van der Waals surface area contributed by atoms with Crippen LogP contribution in [0.25, 0.3) is 0 Å². The predicted octanol–water partition coefficient (Wildman–Crippen LogP) is -0.0772. The van der Waals surface area contributed by atoms with Crippen molar-refractivity contribution in [3.8, 4) is 0 Å². The van der Waals surface area contributed by atoms with E-state index in [4.69, 9.17) is 24.7 Å². The lowest BCUT2D eigenvalue weighted by Crippen LogP contribution is -2.10. The predicted molar refractivity (Wildman–Crippen MR) is 49.4 cm³/mol. The van der Waals surface area contributed by atoms with Gasteiger partial charge in [-0.2, -0.15) is 0 Å². The van der Waals surface area contributed by atoms with E-state index in [-0.39, 0.29) is 6.42 Å². The molecule has 0 spiro atoms. The minimum absolute atomic E-state index is 0.198. The summed E-state index contributed by atoms with van der Waals surface area (Å²) in [6, 6.07) is 0. The summed E-state index contributed by atoms with van der Waals surface area (Å²) in [6.07, 6.45) is -1.12. The van der Waals surface area contributed by atoms with E-state index in [1.807, 2.05) is 0 Å². The molecule has 0 aromatic carbocycles. The van der Waals surface area contributed by atoms with Crippen molar-refractivity contribution in [1.82, 2.24) is 0 Å². The standard InChI is InChI=1S/C5H12O8P2/c6-4(7)2-1-3-5(14(8,9)10)15(11,12)13/h5H,1-3H2,(H,6,7)(H2,8,9,10)(H2,11,12,13). The Labute approximate surface area is 85.3 Å². The normalized spacial score (nSPS) is 13.1. The highest BCUT2D eigenvalue weighted by Crippen LogP contribution is 2.61. The van der Waals surface area contributed by atoms with Gasteiger partial charge in [0.05, 0.1) is 0 Å². The van der Waals surface area contributed by atoms with Crippen molar-refractivity contribution >= 4 is 21.2 Å². The molecule has 0 aliphatic carbocycles. The summed E-state index contributed by atoms with van der Waals surface area (Å²) in [4.78, 5) is 44.7.